The molecule has 6 heteroatoms. The quantitative estimate of drug-likeness (QED) is 0.622. The Morgan fingerprint density at radius 2 is 1.71 bits per heavy atom. The molecule has 0 fully saturated rings. The number of hydrogen-bond acceptors (Lipinski definition) is 3. The van der Waals surface area contributed by atoms with E-state index in [9.17, 15) is 13.2 Å². The van der Waals surface area contributed by atoms with E-state index in [1.54, 1.807) is 24.3 Å². The van der Waals surface area contributed by atoms with Crippen molar-refractivity contribution < 1.29 is 22.6 Å². The number of nitrogen functional groups attached to an aromatic ring is 1. The Balaban J connectivity index is 2.07. The van der Waals surface area contributed by atoms with E-state index in [4.69, 9.17) is 10.5 Å². The van der Waals surface area contributed by atoms with Crippen molar-refractivity contribution in [3.63, 3.8) is 0 Å². The van der Waals surface area contributed by atoms with Crippen molar-refractivity contribution in [2.75, 3.05) is 25.6 Å². The zero-order valence-corrected chi connectivity index (χ0v) is 9.17. The minimum absolute atomic E-state index is 0.0223. The minimum atomic E-state index is -4.27. The third-order valence-corrected chi connectivity index (χ3v) is 1.85. The number of ether oxygens (including phenoxy) is 2. The van der Waals surface area contributed by atoms with Crippen molar-refractivity contribution in [3.05, 3.63) is 24.3 Å². The second-order valence-corrected chi connectivity index (χ2v) is 3.44. The molecule has 0 unspecified atom stereocenters. The summed E-state index contributed by atoms with van der Waals surface area (Å²) in [6.45, 7) is -0.884. The van der Waals surface area contributed by atoms with E-state index < -0.39 is 12.8 Å². The van der Waals surface area contributed by atoms with Crippen LogP contribution in [0.15, 0.2) is 24.3 Å². The molecule has 0 bridgehead atoms. The summed E-state index contributed by atoms with van der Waals surface area (Å²) in [6, 6.07) is 6.78. The Labute approximate surface area is 97.3 Å². The molecule has 0 spiro atoms. The molecule has 0 saturated heterocycles. The third-order valence-electron chi connectivity index (χ3n) is 1.85. The van der Waals surface area contributed by atoms with E-state index in [0.29, 0.717) is 24.5 Å². The highest BCUT2D eigenvalue weighted by Gasteiger charge is 2.27. The SMILES string of the molecule is Nc1ccc(OCCCOCC(F)(F)F)cc1. The summed E-state index contributed by atoms with van der Waals surface area (Å²) in [7, 11) is 0. The van der Waals surface area contributed by atoms with Gasteiger partial charge in [0, 0.05) is 12.1 Å². The van der Waals surface area contributed by atoms with Crippen molar-refractivity contribution in [2.45, 2.75) is 12.6 Å². The first kappa shape index (κ1) is 13.6. The molecule has 0 saturated carbocycles. The van der Waals surface area contributed by atoms with Gasteiger partial charge in [-0.3, -0.25) is 0 Å². The first-order valence-corrected chi connectivity index (χ1v) is 5.10. The van der Waals surface area contributed by atoms with Gasteiger partial charge in [0.25, 0.3) is 0 Å². The first-order valence-electron chi connectivity index (χ1n) is 5.10. The molecule has 17 heavy (non-hydrogen) atoms. The molecular formula is C11H14F3NO2. The van der Waals surface area contributed by atoms with Crippen LogP contribution in [-0.4, -0.2) is 26.0 Å². The van der Waals surface area contributed by atoms with Gasteiger partial charge in [-0.05, 0) is 24.3 Å². The molecule has 1 aromatic carbocycles. The lowest BCUT2D eigenvalue weighted by Crippen LogP contribution is -2.18. The Morgan fingerprint density at radius 1 is 1.06 bits per heavy atom. The fourth-order valence-electron chi connectivity index (χ4n) is 1.10. The second-order valence-electron chi connectivity index (χ2n) is 3.44. The normalized spacial score (nSPS) is 11.5. The van der Waals surface area contributed by atoms with Crippen LogP contribution in [0.25, 0.3) is 0 Å². The van der Waals surface area contributed by atoms with Gasteiger partial charge in [0.1, 0.15) is 12.4 Å². The molecule has 0 aliphatic rings. The Morgan fingerprint density at radius 3 is 2.29 bits per heavy atom. The van der Waals surface area contributed by atoms with Crippen molar-refractivity contribution in [3.8, 4) is 5.75 Å². The van der Waals surface area contributed by atoms with Crippen LogP contribution in [-0.2, 0) is 4.74 Å². The van der Waals surface area contributed by atoms with Crippen LogP contribution in [0.5, 0.6) is 5.75 Å². The largest absolute Gasteiger partial charge is 0.494 e. The average molecular weight is 249 g/mol. The Hall–Kier alpha value is -1.43. The topological polar surface area (TPSA) is 44.5 Å². The number of alkyl halides is 3. The van der Waals surface area contributed by atoms with Gasteiger partial charge < -0.3 is 15.2 Å². The predicted molar refractivity (Wildman–Crippen MR) is 57.8 cm³/mol. The van der Waals surface area contributed by atoms with Crippen LogP contribution in [0.4, 0.5) is 18.9 Å². The molecule has 1 aromatic rings. The van der Waals surface area contributed by atoms with Gasteiger partial charge in [-0.2, -0.15) is 13.2 Å². The number of rotatable bonds is 6. The molecule has 0 radical (unpaired) electrons. The molecule has 0 amide bonds. The summed E-state index contributed by atoms with van der Waals surface area (Å²) in [4.78, 5) is 0. The molecule has 0 aliphatic carbocycles. The van der Waals surface area contributed by atoms with E-state index in [2.05, 4.69) is 4.74 Å². The molecule has 0 atom stereocenters. The first-order chi connectivity index (χ1) is 7.97. The van der Waals surface area contributed by atoms with E-state index in [-0.39, 0.29) is 6.61 Å². The summed E-state index contributed by atoms with van der Waals surface area (Å²) in [5, 5.41) is 0. The smallest absolute Gasteiger partial charge is 0.411 e. The Bertz CT molecular complexity index is 324. The highest BCUT2D eigenvalue weighted by Crippen LogP contribution is 2.15. The number of anilines is 1. The molecule has 0 aromatic heterocycles. The van der Waals surface area contributed by atoms with Gasteiger partial charge in [-0.15, -0.1) is 0 Å². The molecule has 3 nitrogen and oxygen atoms in total. The maximum absolute atomic E-state index is 11.7. The van der Waals surface area contributed by atoms with Gasteiger partial charge in [0.2, 0.25) is 0 Å². The predicted octanol–water partition coefficient (Wildman–Crippen LogP) is 2.62. The van der Waals surface area contributed by atoms with Crippen LogP contribution in [0.2, 0.25) is 0 Å². The number of hydrogen-bond donors (Lipinski definition) is 1. The van der Waals surface area contributed by atoms with Gasteiger partial charge in [-0.25, -0.2) is 0 Å². The lowest BCUT2D eigenvalue weighted by Gasteiger charge is -2.08. The lowest BCUT2D eigenvalue weighted by molar-refractivity contribution is -0.174. The summed E-state index contributed by atoms with van der Waals surface area (Å²) in [5.41, 5.74) is 6.11. The van der Waals surface area contributed by atoms with E-state index in [1.807, 2.05) is 0 Å². The monoisotopic (exact) mass is 249 g/mol. The van der Waals surface area contributed by atoms with Crippen molar-refractivity contribution >= 4 is 5.69 Å². The third kappa shape index (κ3) is 6.68. The molecule has 0 aliphatic heterocycles. The number of halogens is 3. The van der Waals surface area contributed by atoms with E-state index in [1.165, 1.54) is 0 Å². The highest BCUT2D eigenvalue weighted by molar-refractivity contribution is 5.41. The van der Waals surface area contributed by atoms with Crippen LogP contribution in [0.3, 0.4) is 0 Å². The summed E-state index contributed by atoms with van der Waals surface area (Å²) in [5.74, 6) is 0.634. The van der Waals surface area contributed by atoms with Gasteiger partial charge >= 0.3 is 6.18 Å². The van der Waals surface area contributed by atoms with Crippen LogP contribution in [0.1, 0.15) is 6.42 Å². The maximum Gasteiger partial charge on any atom is 0.411 e. The zero-order chi connectivity index (χ0) is 12.7. The fraction of sp³-hybridized carbons (Fsp3) is 0.455. The van der Waals surface area contributed by atoms with E-state index >= 15 is 0 Å². The summed E-state index contributed by atoms with van der Waals surface area (Å²) in [6.07, 6.45) is -3.86. The van der Waals surface area contributed by atoms with Crippen molar-refractivity contribution in [1.82, 2.24) is 0 Å². The second kappa shape index (κ2) is 6.34. The minimum Gasteiger partial charge on any atom is -0.494 e. The lowest BCUT2D eigenvalue weighted by atomic mass is 10.3. The fourth-order valence-corrected chi connectivity index (χ4v) is 1.10. The van der Waals surface area contributed by atoms with Crippen molar-refractivity contribution in [1.29, 1.82) is 0 Å². The number of nitrogens with two attached hydrogens (primary N) is 1. The van der Waals surface area contributed by atoms with Crippen LogP contribution < -0.4 is 10.5 Å². The standard InChI is InChI=1S/C11H14F3NO2/c12-11(13,14)8-16-6-1-7-17-10-4-2-9(15)3-5-10/h2-5H,1,6-8,15H2. The maximum atomic E-state index is 11.7. The molecule has 0 heterocycles. The molecule has 1 rings (SSSR count). The Kier molecular flexibility index (Phi) is 5.09. The van der Waals surface area contributed by atoms with Crippen LogP contribution >= 0.6 is 0 Å². The van der Waals surface area contributed by atoms with E-state index in [0.717, 1.165) is 0 Å². The molecule has 96 valence electrons. The van der Waals surface area contributed by atoms with Gasteiger partial charge in [0.05, 0.1) is 13.2 Å². The average Bonchev–Trinajstić information content (AvgIpc) is 2.24. The van der Waals surface area contributed by atoms with Crippen molar-refractivity contribution in [2.24, 2.45) is 0 Å². The summed E-state index contributed by atoms with van der Waals surface area (Å²) < 4.78 is 44.8. The van der Waals surface area contributed by atoms with Gasteiger partial charge in [-0.1, -0.05) is 0 Å². The molecule has 2 N–H and O–H groups in total. The zero-order valence-electron chi connectivity index (χ0n) is 9.17. The highest BCUT2D eigenvalue weighted by atomic mass is 19.4. The van der Waals surface area contributed by atoms with Gasteiger partial charge in [0.15, 0.2) is 0 Å². The number of benzene rings is 1. The van der Waals surface area contributed by atoms with Crippen LogP contribution in [0, 0.1) is 0 Å². The summed E-state index contributed by atoms with van der Waals surface area (Å²) >= 11 is 0. The molecular weight excluding hydrogens is 235 g/mol.